The van der Waals surface area contributed by atoms with Crippen molar-refractivity contribution in [1.82, 2.24) is 9.78 Å². The molecule has 1 N–H and O–H groups in total. The minimum absolute atomic E-state index is 0.187. The fraction of sp³-hybridized carbons (Fsp3) is 0.0370. The van der Waals surface area contributed by atoms with Crippen molar-refractivity contribution in [2.75, 3.05) is 11.3 Å². The van der Waals surface area contributed by atoms with Gasteiger partial charge in [-0.3, -0.25) is 25.0 Å². The van der Waals surface area contributed by atoms with Crippen LogP contribution in [0.15, 0.2) is 92.7 Å². The molecule has 0 spiro atoms. The molecule has 222 valence electrons. The first-order valence-corrected chi connectivity index (χ1v) is 14.2. The Morgan fingerprint density at radius 1 is 1.00 bits per heavy atom. The Hall–Kier alpha value is -5.42. The first-order valence-electron chi connectivity index (χ1n) is 12.2. The average Bonchev–Trinajstić information content (AvgIpc) is 3.43. The predicted octanol–water partition coefficient (Wildman–Crippen LogP) is 5.36. The standard InChI is InChI=1S/C27H16F2N6O7S2/c1-43-25-20(23(36)21(27(37)38)30-33(25)17-11-12-18(29)19(13-17)34(39)40)22(35(41)42)26-32(16-9-7-15(28)8-10-16)31-24(44-26)14-5-3-2-4-6-14/h2-13H,1H3,(H,37,38)/b26-22-. The van der Waals surface area contributed by atoms with Crippen LogP contribution in [0.1, 0.15) is 21.6 Å². The van der Waals surface area contributed by atoms with E-state index in [4.69, 9.17) is 0 Å². The molecule has 13 nitrogen and oxygen atoms in total. The maximum atomic E-state index is 14.2. The molecule has 0 radical (unpaired) electrons. The highest BCUT2D eigenvalue weighted by Crippen LogP contribution is 2.42. The third kappa shape index (κ3) is 5.52. The molecule has 3 aromatic carbocycles. The van der Waals surface area contributed by atoms with Gasteiger partial charge in [0.15, 0.2) is 5.03 Å². The Labute approximate surface area is 253 Å². The number of hydrazone groups is 1. The molecule has 5 rings (SSSR count). The van der Waals surface area contributed by atoms with Gasteiger partial charge in [0.25, 0.3) is 0 Å². The Kier molecular flexibility index (Phi) is 8.23. The van der Waals surface area contributed by atoms with E-state index in [9.17, 15) is 43.7 Å². The summed E-state index contributed by atoms with van der Waals surface area (Å²) < 4.78 is 28.7. The van der Waals surface area contributed by atoms with E-state index in [2.05, 4.69) is 10.2 Å². The zero-order valence-electron chi connectivity index (χ0n) is 22.1. The molecule has 2 heterocycles. The van der Waals surface area contributed by atoms with Crippen molar-refractivity contribution in [2.45, 2.75) is 5.03 Å². The lowest BCUT2D eigenvalue weighted by molar-refractivity contribution is -0.387. The van der Waals surface area contributed by atoms with Crippen LogP contribution < -0.4 is 10.4 Å². The molecule has 1 aliphatic rings. The van der Waals surface area contributed by atoms with Crippen molar-refractivity contribution in [3.63, 3.8) is 0 Å². The van der Waals surface area contributed by atoms with E-state index in [1.165, 1.54) is 18.4 Å². The molecule has 0 unspecified atom stereocenters. The van der Waals surface area contributed by atoms with Gasteiger partial charge < -0.3 is 5.11 Å². The zero-order chi connectivity index (χ0) is 31.7. The highest BCUT2D eigenvalue weighted by atomic mass is 32.2. The molecule has 0 fully saturated rings. The van der Waals surface area contributed by atoms with Crippen molar-refractivity contribution >= 4 is 51.6 Å². The number of halogens is 2. The number of aromatic carboxylic acids is 1. The van der Waals surface area contributed by atoms with Crippen molar-refractivity contribution in [2.24, 2.45) is 5.10 Å². The van der Waals surface area contributed by atoms with Crippen molar-refractivity contribution in [3.8, 4) is 5.69 Å². The van der Waals surface area contributed by atoms with Gasteiger partial charge in [0.1, 0.15) is 21.5 Å². The first kappa shape index (κ1) is 30.1. The minimum Gasteiger partial charge on any atom is -0.476 e. The monoisotopic (exact) mass is 638 g/mol. The molecule has 1 aliphatic heterocycles. The van der Waals surface area contributed by atoms with E-state index in [0.29, 0.717) is 5.56 Å². The first-order chi connectivity index (χ1) is 21.0. The number of rotatable bonds is 8. The van der Waals surface area contributed by atoms with Crippen LogP contribution in [0.3, 0.4) is 0 Å². The maximum absolute atomic E-state index is 14.2. The van der Waals surface area contributed by atoms with E-state index in [-0.39, 0.29) is 26.5 Å². The highest BCUT2D eigenvalue weighted by molar-refractivity contribution is 8.18. The van der Waals surface area contributed by atoms with E-state index in [1.807, 2.05) is 0 Å². The second-order valence-corrected chi connectivity index (χ2v) is 10.5. The quantitative estimate of drug-likeness (QED) is 0.150. The minimum atomic E-state index is -1.84. The van der Waals surface area contributed by atoms with Crippen molar-refractivity contribution < 1.29 is 28.5 Å². The molecule has 0 aliphatic carbocycles. The topological polar surface area (TPSA) is 174 Å². The van der Waals surface area contributed by atoms with Gasteiger partial charge in [-0.05, 0) is 54.4 Å². The normalized spacial score (nSPS) is 13.9. The number of anilines is 1. The summed E-state index contributed by atoms with van der Waals surface area (Å²) in [7, 11) is 0. The molecule has 0 saturated heterocycles. The van der Waals surface area contributed by atoms with Crippen LogP contribution in [-0.2, 0) is 0 Å². The lowest BCUT2D eigenvalue weighted by Crippen LogP contribution is -2.29. The Balaban J connectivity index is 1.86. The molecule has 0 amide bonds. The van der Waals surface area contributed by atoms with Gasteiger partial charge in [-0.1, -0.05) is 30.3 Å². The number of carboxylic acids is 1. The maximum Gasteiger partial charge on any atom is 0.360 e. The molecular weight excluding hydrogens is 622 g/mol. The third-order valence-corrected chi connectivity index (χ3v) is 7.94. The van der Waals surface area contributed by atoms with Gasteiger partial charge >= 0.3 is 17.4 Å². The fourth-order valence-electron chi connectivity index (χ4n) is 4.17. The number of hydrogen-bond donors (Lipinski definition) is 1. The molecule has 17 heteroatoms. The van der Waals surface area contributed by atoms with Crippen LogP contribution in [0.5, 0.6) is 0 Å². The number of carboxylic acid groups (broad SMARTS) is 1. The zero-order valence-corrected chi connectivity index (χ0v) is 23.7. The van der Waals surface area contributed by atoms with Gasteiger partial charge in [0.05, 0.1) is 21.2 Å². The van der Waals surface area contributed by atoms with Crippen LogP contribution >= 0.6 is 23.5 Å². The van der Waals surface area contributed by atoms with E-state index < -0.39 is 55.5 Å². The SMILES string of the molecule is CSc1c(/C(=C2/SC(c3ccccc3)=NN2c2ccc(F)cc2)[N+](=O)[O-])c(=O)c(C(=O)O)nn1-c1ccc(F)c([N+](=O)[O-])c1. The number of carbonyl (C=O) groups is 1. The van der Waals surface area contributed by atoms with Gasteiger partial charge in [0, 0.05) is 11.6 Å². The second kappa shape index (κ2) is 12.1. The van der Waals surface area contributed by atoms with E-state index in [1.54, 1.807) is 30.3 Å². The summed E-state index contributed by atoms with van der Waals surface area (Å²) in [5.41, 5.74) is -4.49. The summed E-state index contributed by atoms with van der Waals surface area (Å²) in [5.74, 6) is -3.62. The molecule has 4 aromatic rings. The second-order valence-electron chi connectivity index (χ2n) is 8.74. The Morgan fingerprint density at radius 2 is 1.66 bits per heavy atom. The Morgan fingerprint density at radius 3 is 2.25 bits per heavy atom. The van der Waals surface area contributed by atoms with E-state index in [0.717, 1.165) is 63.5 Å². The molecular formula is C27H16F2N6O7S2. The summed E-state index contributed by atoms with van der Waals surface area (Å²) >= 11 is 1.57. The molecule has 1 aromatic heterocycles. The smallest absolute Gasteiger partial charge is 0.360 e. The van der Waals surface area contributed by atoms with Gasteiger partial charge in [-0.15, -0.1) is 11.8 Å². The largest absolute Gasteiger partial charge is 0.476 e. The summed E-state index contributed by atoms with van der Waals surface area (Å²) in [6.07, 6.45) is 1.42. The van der Waals surface area contributed by atoms with Crippen LogP contribution in [0.25, 0.3) is 11.4 Å². The van der Waals surface area contributed by atoms with E-state index >= 15 is 0 Å². The van der Waals surface area contributed by atoms with Crippen LogP contribution in [0.4, 0.5) is 20.2 Å². The van der Waals surface area contributed by atoms with Gasteiger partial charge in [0.2, 0.25) is 16.9 Å². The number of benzene rings is 3. The van der Waals surface area contributed by atoms with Crippen LogP contribution in [-0.4, -0.2) is 42.0 Å². The van der Waals surface area contributed by atoms with Gasteiger partial charge in [-0.25, -0.2) is 18.9 Å². The van der Waals surface area contributed by atoms with Crippen LogP contribution in [0, 0.1) is 31.9 Å². The highest BCUT2D eigenvalue weighted by Gasteiger charge is 2.39. The summed E-state index contributed by atoms with van der Waals surface area (Å²) in [6, 6.07) is 15.9. The molecule has 0 atom stereocenters. The molecule has 0 bridgehead atoms. The Bertz CT molecular complexity index is 1970. The van der Waals surface area contributed by atoms with Crippen molar-refractivity contribution in [3.05, 3.63) is 137 Å². The predicted molar refractivity (Wildman–Crippen MR) is 159 cm³/mol. The number of nitrogens with zero attached hydrogens (tertiary/aromatic N) is 6. The summed E-state index contributed by atoms with van der Waals surface area (Å²) in [5, 5.41) is 43.3. The number of aromatic nitrogens is 2. The molecule has 44 heavy (non-hydrogen) atoms. The third-order valence-electron chi connectivity index (χ3n) is 6.11. The molecule has 0 saturated carbocycles. The fourth-order valence-corrected chi connectivity index (χ4v) is 5.95. The number of hydrogen-bond acceptors (Lipinski definition) is 11. The summed E-state index contributed by atoms with van der Waals surface area (Å²) in [4.78, 5) is 48.1. The van der Waals surface area contributed by atoms with Crippen LogP contribution in [0.2, 0.25) is 0 Å². The number of nitro benzene ring substituents is 1. The van der Waals surface area contributed by atoms with Gasteiger partial charge in [-0.2, -0.15) is 14.6 Å². The number of thioether (sulfide) groups is 2. The van der Waals surface area contributed by atoms with Crippen molar-refractivity contribution in [1.29, 1.82) is 0 Å². The lowest BCUT2D eigenvalue weighted by atomic mass is 10.1. The summed E-state index contributed by atoms with van der Waals surface area (Å²) in [6.45, 7) is 0. The number of nitro groups is 2. The average molecular weight is 639 g/mol. The lowest BCUT2D eigenvalue weighted by Gasteiger charge is -2.18.